The Morgan fingerprint density at radius 2 is 1.88 bits per heavy atom. The predicted octanol–water partition coefficient (Wildman–Crippen LogP) is 4.02. The van der Waals surface area contributed by atoms with Crippen LogP contribution in [0.2, 0.25) is 0 Å². The van der Waals surface area contributed by atoms with Gasteiger partial charge in [-0.1, -0.05) is 25.1 Å². The fourth-order valence-corrected chi connectivity index (χ4v) is 4.44. The number of fused-ring (bicyclic) bond motifs is 1. The summed E-state index contributed by atoms with van der Waals surface area (Å²) in [5.74, 6) is -0.675. The number of nitrogens with zero attached hydrogens (tertiary/aromatic N) is 2. The lowest BCUT2D eigenvalue weighted by atomic mass is 10.1. The number of aryl methyl sites for hydroxylation is 2. The summed E-state index contributed by atoms with van der Waals surface area (Å²) in [6, 6.07) is 9.18. The van der Waals surface area contributed by atoms with Crippen molar-refractivity contribution < 1.29 is 9.90 Å². The van der Waals surface area contributed by atoms with Gasteiger partial charge in [0.05, 0.1) is 5.39 Å². The number of amides is 1. The van der Waals surface area contributed by atoms with Gasteiger partial charge in [0.2, 0.25) is 0 Å². The number of pyridine rings is 1. The van der Waals surface area contributed by atoms with Crippen molar-refractivity contribution in [2.45, 2.75) is 33.7 Å². The highest BCUT2D eigenvalue weighted by atomic mass is 32.1. The van der Waals surface area contributed by atoms with Gasteiger partial charge in [-0.2, -0.15) is 0 Å². The lowest BCUT2D eigenvalue weighted by Gasteiger charge is -2.22. The third kappa shape index (κ3) is 2.80. The highest BCUT2D eigenvalue weighted by Gasteiger charge is 2.27. The third-order valence-corrected chi connectivity index (χ3v) is 5.62. The van der Waals surface area contributed by atoms with Crippen molar-refractivity contribution in [2.75, 3.05) is 11.4 Å². The van der Waals surface area contributed by atoms with Gasteiger partial charge in [-0.15, -0.1) is 11.3 Å². The van der Waals surface area contributed by atoms with Crippen LogP contribution in [0.25, 0.3) is 10.2 Å². The Morgan fingerprint density at radius 1 is 1.19 bits per heavy atom. The SMILES string of the molecule is CCc1csc2c1c(O)c(C(=O)N(CC)c1ccccc1)c(=O)n2CC. The molecule has 0 radical (unpaired) electrons. The van der Waals surface area contributed by atoms with E-state index in [0.717, 1.165) is 12.0 Å². The Morgan fingerprint density at radius 3 is 2.46 bits per heavy atom. The monoisotopic (exact) mass is 370 g/mol. The highest BCUT2D eigenvalue weighted by molar-refractivity contribution is 7.17. The molecule has 0 unspecified atom stereocenters. The van der Waals surface area contributed by atoms with E-state index in [-0.39, 0.29) is 11.3 Å². The van der Waals surface area contributed by atoms with E-state index < -0.39 is 11.5 Å². The molecule has 0 saturated heterocycles. The number of benzene rings is 1. The van der Waals surface area contributed by atoms with Crippen molar-refractivity contribution in [1.29, 1.82) is 0 Å². The topological polar surface area (TPSA) is 62.5 Å². The van der Waals surface area contributed by atoms with Crippen molar-refractivity contribution in [3.63, 3.8) is 0 Å². The van der Waals surface area contributed by atoms with Gasteiger partial charge in [-0.3, -0.25) is 14.2 Å². The zero-order valence-corrected chi connectivity index (χ0v) is 16.0. The van der Waals surface area contributed by atoms with Gasteiger partial charge in [0, 0.05) is 18.8 Å². The van der Waals surface area contributed by atoms with Crippen molar-refractivity contribution in [3.05, 3.63) is 57.2 Å². The smallest absolute Gasteiger partial charge is 0.268 e. The number of rotatable bonds is 5. The van der Waals surface area contributed by atoms with Crippen molar-refractivity contribution in [3.8, 4) is 5.75 Å². The molecular weight excluding hydrogens is 348 g/mol. The second-order valence-electron chi connectivity index (χ2n) is 5.95. The number of aromatic hydroxyl groups is 1. The number of aromatic nitrogens is 1. The first-order valence-corrected chi connectivity index (χ1v) is 9.65. The van der Waals surface area contributed by atoms with E-state index in [2.05, 4.69) is 0 Å². The summed E-state index contributed by atoms with van der Waals surface area (Å²) >= 11 is 1.43. The van der Waals surface area contributed by atoms with E-state index >= 15 is 0 Å². The maximum Gasteiger partial charge on any atom is 0.268 e. The molecule has 2 heterocycles. The van der Waals surface area contributed by atoms with Crippen LogP contribution in [0.1, 0.15) is 36.7 Å². The summed E-state index contributed by atoms with van der Waals surface area (Å²) in [6.07, 6.45) is 0.722. The van der Waals surface area contributed by atoms with Crippen molar-refractivity contribution >= 4 is 33.1 Å². The Kier molecular flexibility index (Phi) is 5.13. The largest absolute Gasteiger partial charge is 0.506 e. The average Bonchev–Trinajstić information content (AvgIpc) is 3.08. The van der Waals surface area contributed by atoms with Gasteiger partial charge < -0.3 is 10.0 Å². The molecule has 0 fully saturated rings. The van der Waals surface area contributed by atoms with E-state index in [1.807, 2.05) is 56.5 Å². The van der Waals surface area contributed by atoms with Crippen LogP contribution >= 0.6 is 11.3 Å². The normalized spacial score (nSPS) is 11.0. The molecule has 0 bridgehead atoms. The predicted molar refractivity (Wildman–Crippen MR) is 107 cm³/mol. The number of hydrogen-bond acceptors (Lipinski definition) is 4. The lowest BCUT2D eigenvalue weighted by Crippen LogP contribution is -2.36. The number of thiophene rings is 1. The molecule has 5 nitrogen and oxygen atoms in total. The molecule has 1 amide bonds. The molecule has 0 saturated carbocycles. The molecule has 0 aliphatic rings. The van der Waals surface area contributed by atoms with Gasteiger partial charge in [-0.25, -0.2) is 0 Å². The molecule has 136 valence electrons. The van der Waals surface area contributed by atoms with Crippen LogP contribution < -0.4 is 10.5 Å². The molecule has 1 aromatic carbocycles. The summed E-state index contributed by atoms with van der Waals surface area (Å²) in [4.78, 5) is 28.4. The fraction of sp³-hybridized carbons (Fsp3) is 0.300. The van der Waals surface area contributed by atoms with E-state index in [0.29, 0.717) is 29.0 Å². The number of para-hydroxylation sites is 1. The number of carbonyl (C=O) groups is 1. The van der Waals surface area contributed by atoms with Crippen LogP contribution in [-0.4, -0.2) is 22.1 Å². The van der Waals surface area contributed by atoms with Gasteiger partial charge in [0.1, 0.15) is 16.1 Å². The van der Waals surface area contributed by atoms with Crippen LogP contribution in [0.3, 0.4) is 0 Å². The van der Waals surface area contributed by atoms with Crippen molar-refractivity contribution in [1.82, 2.24) is 4.57 Å². The highest BCUT2D eigenvalue weighted by Crippen LogP contribution is 2.35. The number of anilines is 1. The summed E-state index contributed by atoms with van der Waals surface area (Å²) in [5.41, 5.74) is 1.05. The van der Waals surface area contributed by atoms with Crippen LogP contribution in [0, 0.1) is 0 Å². The molecule has 0 aliphatic heterocycles. The Bertz CT molecular complexity index is 1010. The first kappa shape index (κ1) is 18.2. The molecule has 3 aromatic rings. The maximum absolute atomic E-state index is 13.2. The molecule has 1 N–H and O–H groups in total. The van der Waals surface area contributed by atoms with Crippen LogP contribution in [0.15, 0.2) is 40.5 Å². The van der Waals surface area contributed by atoms with E-state index in [9.17, 15) is 14.7 Å². The third-order valence-electron chi connectivity index (χ3n) is 4.57. The number of hydrogen-bond donors (Lipinski definition) is 1. The standard InChI is InChI=1S/C20H22N2O3S/c1-4-13-12-26-20-15(13)17(23)16(19(25)22(20)6-3)18(24)21(5-2)14-10-8-7-9-11-14/h7-12,23H,4-6H2,1-3H3. The van der Waals surface area contributed by atoms with Crippen LogP contribution in [-0.2, 0) is 13.0 Å². The minimum atomic E-state index is -0.474. The summed E-state index contributed by atoms with van der Waals surface area (Å²) < 4.78 is 1.57. The average molecular weight is 370 g/mol. The summed E-state index contributed by atoms with van der Waals surface area (Å²) in [6.45, 7) is 6.55. The first-order valence-electron chi connectivity index (χ1n) is 8.77. The van der Waals surface area contributed by atoms with Crippen LogP contribution in [0.5, 0.6) is 5.75 Å². The molecule has 26 heavy (non-hydrogen) atoms. The van der Waals surface area contributed by atoms with E-state index in [1.165, 1.54) is 16.2 Å². The van der Waals surface area contributed by atoms with Crippen LogP contribution in [0.4, 0.5) is 5.69 Å². The zero-order valence-electron chi connectivity index (χ0n) is 15.2. The minimum Gasteiger partial charge on any atom is -0.506 e. The van der Waals surface area contributed by atoms with Crippen molar-refractivity contribution in [2.24, 2.45) is 0 Å². The molecule has 2 aromatic heterocycles. The Hall–Kier alpha value is -2.60. The Labute approximate surface area is 156 Å². The Balaban J connectivity index is 2.27. The molecule has 0 spiro atoms. The summed E-state index contributed by atoms with van der Waals surface area (Å²) in [7, 11) is 0. The molecule has 0 atom stereocenters. The second-order valence-corrected chi connectivity index (χ2v) is 6.81. The van der Waals surface area contributed by atoms with Gasteiger partial charge in [-0.05, 0) is 43.3 Å². The molecule has 6 heteroatoms. The number of carbonyl (C=O) groups excluding carboxylic acids is 1. The molecule has 3 rings (SSSR count). The summed E-state index contributed by atoms with van der Waals surface area (Å²) in [5, 5.41) is 13.4. The zero-order chi connectivity index (χ0) is 18.8. The first-order chi connectivity index (χ1) is 12.5. The van der Waals surface area contributed by atoms with E-state index in [4.69, 9.17) is 0 Å². The second kappa shape index (κ2) is 7.33. The molecule has 0 aliphatic carbocycles. The molecular formula is C20H22N2O3S. The lowest BCUT2D eigenvalue weighted by molar-refractivity contribution is 0.0984. The quantitative estimate of drug-likeness (QED) is 0.738. The van der Waals surface area contributed by atoms with Gasteiger partial charge in [0.25, 0.3) is 11.5 Å². The van der Waals surface area contributed by atoms with Gasteiger partial charge >= 0.3 is 0 Å². The maximum atomic E-state index is 13.2. The fourth-order valence-electron chi connectivity index (χ4n) is 3.21. The van der Waals surface area contributed by atoms with Gasteiger partial charge in [0.15, 0.2) is 0 Å². The van der Waals surface area contributed by atoms with E-state index in [1.54, 1.807) is 4.57 Å². The minimum absolute atomic E-state index is 0.154.